The van der Waals surface area contributed by atoms with Gasteiger partial charge in [0.2, 0.25) is 0 Å². The van der Waals surface area contributed by atoms with Crippen LogP contribution < -0.4 is 0 Å². The molecule has 10 heavy (non-hydrogen) atoms. The maximum atomic E-state index is 4.72. The minimum absolute atomic E-state index is 1.38. The molecule has 0 atom stereocenters. The maximum absolute atomic E-state index is 4.72. The van der Waals surface area contributed by atoms with Gasteiger partial charge in [-0.15, -0.1) is 0 Å². The first-order chi connectivity index (χ1) is 4.91. The first kappa shape index (κ1) is 9.99. The molecule has 0 saturated carbocycles. The van der Waals surface area contributed by atoms with Gasteiger partial charge in [0.25, 0.3) is 0 Å². The van der Waals surface area contributed by atoms with Crippen LogP contribution in [-0.4, -0.2) is 48.2 Å². The molecule has 8 heteroatoms. The third-order valence-electron chi connectivity index (χ3n) is 0.779. The molecule has 0 saturated heterocycles. The van der Waals surface area contributed by atoms with Crippen LogP contribution in [0, 0.1) is 0 Å². The summed E-state index contributed by atoms with van der Waals surface area (Å²) in [6.45, 7) is 12.9. The van der Waals surface area contributed by atoms with Crippen molar-refractivity contribution in [1.82, 2.24) is 0 Å². The Kier molecular flexibility index (Phi) is 8.99. The molecule has 0 unspecified atom stereocenters. The molecule has 1 nitrogen and oxygen atoms in total. The molecule has 0 aromatic heterocycles. The van der Waals surface area contributed by atoms with Gasteiger partial charge in [0.15, 0.2) is 0 Å². The molecule has 40 valence electrons. The third kappa shape index (κ3) is 7.99. The fraction of sp³-hybridized carbons (Fsp3) is 0. The second kappa shape index (κ2) is 8.99. The first-order valence-corrected chi connectivity index (χ1v) is 3.12. The van der Waals surface area contributed by atoms with E-state index in [4.69, 9.17) is 4.65 Å². The monoisotopic (exact) mass is 122 g/mol. The Morgan fingerprint density at radius 3 is 2.50 bits per heavy atom. The van der Waals surface area contributed by atoms with E-state index < -0.39 is 0 Å². The molecule has 0 bridgehead atoms. The van der Waals surface area contributed by atoms with Crippen molar-refractivity contribution < 1.29 is 4.65 Å². The summed E-state index contributed by atoms with van der Waals surface area (Å²) in [7, 11) is 3.53. The van der Waals surface area contributed by atoms with Crippen LogP contribution in [0.15, 0.2) is 12.8 Å². The molecule has 0 aliphatic carbocycles. The molecule has 0 aliphatic heterocycles. The van der Waals surface area contributed by atoms with Crippen molar-refractivity contribution in [1.29, 1.82) is 0 Å². The van der Waals surface area contributed by atoms with E-state index in [1.54, 1.807) is 13.7 Å². The standard InChI is InChI=1S/C2H5B7O/c1-2-10-9-8-7-6-5-4-3/h2H,1,3H2. The number of hydrogen-bond donors (Lipinski definition) is 0. The summed E-state index contributed by atoms with van der Waals surface area (Å²) in [4.78, 5) is 0. The van der Waals surface area contributed by atoms with Gasteiger partial charge in [-0.2, -0.15) is 0 Å². The van der Waals surface area contributed by atoms with Crippen molar-refractivity contribution in [2.45, 2.75) is 0 Å². The van der Waals surface area contributed by atoms with E-state index in [0.717, 1.165) is 0 Å². The van der Waals surface area contributed by atoms with Crippen LogP contribution in [0.25, 0.3) is 0 Å². The van der Waals surface area contributed by atoms with Gasteiger partial charge >= 0.3 is 65.7 Å². The molecule has 0 N–H and O–H groups in total. The zero-order valence-corrected chi connectivity index (χ0v) is 6.16. The Labute approximate surface area is 66.3 Å². The fourth-order valence-corrected chi connectivity index (χ4v) is 0.386. The molecule has 0 rings (SSSR count). The molecule has 0 radical (unpaired) electrons. The van der Waals surface area contributed by atoms with Crippen molar-refractivity contribution in [3.05, 3.63) is 12.8 Å². The molecular weight excluding hydrogens is 116 g/mol. The van der Waals surface area contributed by atoms with Gasteiger partial charge < -0.3 is 0 Å². The molecular formula is C2H5B7O. The molecule has 0 spiro atoms. The number of hydrogen-bond acceptors (Lipinski definition) is 1. The van der Waals surface area contributed by atoms with Gasteiger partial charge in [-0.3, -0.25) is 0 Å². The second-order valence-electron chi connectivity index (χ2n) is 1.54. The summed E-state index contributed by atoms with van der Waals surface area (Å²) >= 11 is 0. The molecule has 0 aromatic carbocycles. The van der Waals surface area contributed by atoms with Crippen LogP contribution >= 0.6 is 0 Å². The van der Waals surface area contributed by atoms with Crippen LogP contribution in [0.5, 0.6) is 0 Å². The molecule has 0 aromatic rings. The quantitative estimate of drug-likeness (QED) is 0.293. The van der Waals surface area contributed by atoms with Crippen LogP contribution in [-0.2, 0) is 4.65 Å². The van der Waals surface area contributed by atoms with E-state index in [1.165, 1.54) is 6.26 Å². The SMILES string of the molecule is BB=BB=BB=BOC=C. The van der Waals surface area contributed by atoms with Crippen LogP contribution in [0.1, 0.15) is 0 Å². The van der Waals surface area contributed by atoms with E-state index in [0.29, 0.717) is 0 Å². The predicted octanol–water partition coefficient (Wildman–Crippen LogP) is -2.59. The first-order valence-electron chi connectivity index (χ1n) is 3.12. The van der Waals surface area contributed by atoms with Crippen molar-refractivity contribution in [3.63, 3.8) is 0 Å². The van der Waals surface area contributed by atoms with Crippen molar-refractivity contribution in [3.8, 4) is 0 Å². The summed E-state index contributed by atoms with van der Waals surface area (Å²) in [5.41, 5.74) is 0. The summed E-state index contributed by atoms with van der Waals surface area (Å²) in [5, 5.41) is 0. The number of rotatable bonds is 4. The zero-order chi connectivity index (χ0) is 7.66. The minimum atomic E-state index is 1.38. The summed E-state index contributed by atoms with van der Waals surface area (Å²) in [6, 6.07) is 0. The van der Waals surface area contributed by atoms with Crippen LogP contribution in [0.3, 0.4) is 0 Å². The zero-order valence-electron chi connectivity index (χ0n) is 6.16. The van der Waals surface area contributed by atoms with Gasteiger partial charge in [0.1, 0.15) is 0 Å². The van der Waals surface area contributed by atoms with Crippen molar-refractivity contribution in [2.75, 3.05) is 0 Å². The van der Waals surface area contributed by atoms with Gasteiger partial charge in [-0.25, -0.2) is 0 Å². The van der Waals surface area contributed by atoms with E-state index >= 15 is 0 Å². The Hall–Kier alpha value is -0.00545. The Balaban J connectivity index is 3.41. The van der Waals surface area contributed by atoms with E-state index in [-0.39, 0.29) is 0 Å². The molecule has 0 fully saturated rings. The fourth-order valence-electron chi connectivity index (χ4n) is 0.386. The van der Waals surface area contributed by atoms with Crippen molar-refractivity contribution in [2.24, 2.45) is 0 Å². The van der Waals surface area contributed by atoms with Crippen molar-refractivity contribution >= 4 is 48.2 Å². The topological polar surface area (TPSA) is 9.23 Å². The van der Waals surface area contributed by atoms with E-state index in [2.05, 4.69) is 6.58 Å². The van der Waals surface area contributed by atoms with Crippen LogP contribution in [0.2, 0.25) is 0 Å². The van der Waals surface area contributed by atoms with Gasteiger partial charge in [0, 0.05) is 0 Å². The summed E-state index contributed by atoms with van der Waals surface area (Å²) in [5.74, 6) is 0. The summed E-state index contributed by atoms with van der Waals surface area (Å²) in [6.07, 6.45) is 1.38. The Morgan fingerprint density at radius 2 is 1.90 bits per heavy atom. The van der Waals surface area contributed by atoms with Gasteiger partial charge in [0.05, 0.1) is 0 Å². The van der Waals surface area contributed by atoms with Crippen LogP contribution in [0.4, 0.5) is 0 Å². The molecule has 0 aliphatic rings. The summed E-state index contributed by atoms with van der Waals surface area (Å²) < 4.78 is 4.72. The average molecular weight is 121 g/mol. The molecule has 0 heterocycles. The Bertz CT molecular complexity index is 159. The van der Waals surface area contributed by atoms with E-state index in [9.17, 15) is 0 Å². The van der Waals surface area contributed by atoms with Gasteiger partial charge in [-0.1, -0.05) is 0 Å². The second-order valence-corrected chi connectivity index (χ2v) is 1.54. The van der Waals surface area contributed by atoms with Gasteiger partial charge in [-0.05, 0) is 0 Å². The normalized spacial score (nSPS) is 6.80. The van der Waals surface area contributed by atoms with E-state index in [1.807, 2.05) is 34.5 Å². The molecule has 0 amide bonds. The third-order valence-corrected chi connectivity index (χ3v) is 0.779. The average Bonchev–Trinajstić information content (AvgIpc) is 1.97. The Morgan fingerprint density at radius 1 is 1.20 bits per heavy atom. The predicted molar refractivity (Wildman–Crippen MR) is 54.4 cm³/mol.